The smallest absolute Gasteiger partial charge is 0.170 e. The molecule has 1 aliphatic rings. The van der Waals surface area contributed by atoms with E-state index in [2.05, 4.69) is 53.8 Å². The molecule has 5 aromatic rings. The number of fused-ring (bicyclic) bond motifs is 5. The number of hydrazone groups is 1. The molecule has 0 saturated heterocycles. The van der Waals surface area contributed by atoms with Gasteiger partial charge in [0.1, 0.15) is 41.9 Å². The Hall–Kier alpha value is -3.92. The van der Waals surface area contributed by atoms with E-state index < -0.39 is 31.0 Å². The van der Waals surface area contributed by atoms with Gasteiger partial charge in [-0.25, -0.2) is 19.9 Å². The summed E-state index contributed by atoms with van der Waals surface area (Å²) < 4.78 is 1.63. The van der Waals surface area contributed by atoms with Crippen molar-refractivity contribution in [2.45, 2.75) is 37.3 Å². The average molecular weight is 549 g/mol. The van der Waals surface area contributed by atoms with Crippen molar-refractivity contribution in [1.29, 1.82) is 0 Å². The number of anilines is 1. The fourth-order valence-corrected chi connectivity index (χ4v) is 5.84. The van der Waals surface area contributed by atoms with E-state index in [1.54, 1.807) is 22.2 Å². The molecule has 6 rings (SSSR count). The Morgan fingerprint density at radius 2 is 1.77 bits per heavy atom. The lowest BCUT2D eigenvalue weighted by Crippen LogP contribution is -2.46. The normalized spacial score (nSPS) is 16.2. The maximum Gasteiger partial charge on any atom is 0.170 e. The Labute approximate surface area is 224 Å². The third-order valence-electron chi connectivity index (χ3n) is 6.73. The van der Waals surface area contributed by atoms with E-state index in [0.717, 1.165) is 29.3 Å². The number of aliphatic hydroxyl groups excluding tert-OH is 5. The largest absolute Gasteiger partial charge is 0.394 e. The highest BCUT2D eigenvalue weighted by molar-refractivity contribution is 7.19. The van der Waals surface area contributed by atoms with Crippen LogP contribution in [-0.2, 0) is 12.8 Å². The summed E-state index contributed by atoms with van der Waals surface area (Å²) >= 11 is 1.66. The van der Waals surface area contributed by atoms with Crippen LogP contribution < -0.4 is 5.43 Å². The molecule has 1 aromatic carbocycles. The predicted molar refractivity (Wildman–Crippen MR) is 143 cm³/mol. The third kappa shape index (κ3) is 4.52. The quantitative estimate of drug-likeness (QED) is 0.112. The molecule has 14 heteroatoms. The van der Waals surface area contributed by atoms with Crippen LogP contribution in [0, 0.1) is 0 Å². The van der Waals surface area contributed by atoms with Crippen molar-refractivity contribution >= 4 is 44.6 Å². The number of thiophene rings is 1. The van der Waals surface area contributed by atoms with E-state index in [1.807, 2.05) is 6.07 Å². The second-order valence-electron chi connectivity index (χ2n) is 9.13. The fraction of sp³-hybridized carbons (Fsp3) is 0.280. The molecular weight excluding hydrogens is 524 g/mol. The zero-order valence-electron chi connectivity index (χ0n) is 20.3. The van der Waals surface area contributed by atoms with Crippen LogP contribution in [0.15, 0.2) is 48.2 Å². The van der Waals surface area contributed by atoms with E-state index in [4.69, 9.17) is 5.11 Å². The second-order valence-corrected chi connectivity index (χ2v) is 10.2. The lowest BCUT2D eigenvalue weighted by molar-refractivity contribution is -0.0999. The third-order valence-corrected chi connectivity index (χ3v) is 7.87. The van der Waals surface area contributed by atoms with Crippen molar-refractivity contribution < 1.29 is 25.5 Å². The van der Waals surface area contributed by atoms with Gasteiger partial charge in [-0.2, -0.15) is 14.9 Å². The van der Waals surface area contributed by atoms with Crippen molar-refractivity contribution in [3.8, 4) is 5.82 Å². The maximum atomic E-state index is 10.1. The summed E-state index contributed by atoms with van der Waals surface area (Å²) in [6.07, 6.45) is 0.217. The first-order valence-electron chi connectivity index (χ1n) is 12.1. The molecule has 0 amide bonds. The summed E-state index contributed by atoms with van der Waals surface area (Å²) in [4.78, 5) is 19.8. The molecule has 4 heterocycles. The van der Waals surface area contributed by atoms with E-state index >= 15 is 0 Å². The Balaban J connectivity index is 1.31. The van der Waals surface area contributed by atoms with Crippen molar-refractivity contribution in [2.75, 3.05) is 12.0 Å². The number of aliphatic hydroxyl groups is 5. The van der Waals surface area contributed by atoms with Gasteiger partial charge in [0.2, 0.25) is 0 Å². The zero-order valence-corrected chi connectivity index (χ0v) is 21.1. The molecule has 4 aromatic heterocycles. The Morgan fingerprint density at radius 1 is 1.00 bits per heavy atom. The molecule has 0 bridgehead atoms. The van der Waals surface area contributed by atoms with Crippen LogP contribution in [-0.4, -0.2) is 92.5 Å². The van der Waals surface area contributed by atoms with E-state index in [1.165, 1.54) is 34.2 Å². The average Bonchev–Trinajstić information content (AvgIpc) is 3.56. The fourth-order valence-electron chi connectivity index (χ4n) is 4.66. The van der Waals surface area contributed by atoms with Crippen LogP contribution in [0.4, 0.5) is 5.82 Å². The Morgan fingerprint density at radius 3 is 2.56 bits per heavy atom. The lowest BCUT2D eigenvalue weighted by Gasteiger charge is -2.23. The maximum absolute atomic E-state index is 10.1. The van der Waals surface area contributed by atoms with Crippen molar-refractivity contribution in [3.05, 3.63) is 64.7 Å². The summed E-state index contributed by atoms with van der Waals surface area (Å²) in [5.74, 6) is 0.890. The molecule has 39 heavy (non-hydrogen) atoms. The summed E-state index contributed by atoms with van der Waals surface area (Å²) in [5, 5.41) is 58.0. The minimum Gasteiger partial charge on any atom is -0.394 e. The van der Waals surface area contributed by atoms with Gasteiger partial charge in [0, 0.05) is 11.3 Å². The highest BCUT2D eigenvalue weighted by atomic mass is 32.1. The van der Waals surface area contributed by atoms with Crippen LogP contribution >= 0.6 is 11.3 Å². The number of benzene rings is 1. The molecule has 0 spiro atoms. The predicted octanol–water partition coefficient (Wildman–Crippen LogP) is 0.149. The first kappa shape index (κ1) is 25.4. The molecular formula is C25H24N8O5S. The van der Waals surface area contributed by atoms with Gasteiger partial charge in [-0.3, -0.25) is 5.43 Å². The number of hydrogen-bond donors (Lipinski definition) is 6. The van der Waals surface area contributed by atoms with Crippen LogP contribution in [0.2, 0.25) is 0 Å². The number of rotatable bonds is 8. The molecule has 0 fully saturated rings. The molecule has 0 radical (unpaired) electrons. The molecule has 13 nitrogen and oxygen atoms in total. The van der Waals surface area contributed by atoms with Gasteiger partial charge in [-0.15, -0.1) is 11.3 Å². The second kappa shape index (κ2) is 10.3. The van der Waals surface area contributed by atoms with E-state index in [9.17, 15) is 20.4 Å². The Kier molecular flexibility index (Phi) is 6.72. The summed E-state index contributed by atoms with van der Waals surface area (Å²) in [6, 6.07) is 8.41. The summed E-state index contributed by atoms with van der Waals surface area (Å²) in [6.45, 7) is -0.774. The number of hydrogen-bond acceptors (Lipinski definition) is 13. The van der Waals surface area contributed by atoms with Crippen molar-refractivity contribution in [1.82, 2.24) is 29.7 Å². The van der Waals surface area contributed by atoms with Gasteiger partial charge < -0.3 is 25.5 Å². The molecule has 0 saturated carbocycles. The SMILES string of the molecule is OCC(O)C(O)C(O)C(O)/C=N/Nc1ncnc2c1cnn2-c1ncnc2sc3c(c12)Cc1ccccc1C3. The molecule has 1 aliphatic carbocycles. The molecule has 4 unspecified atom stereocenters. The number of nitrogens with one attached hydrogen (secondary N) is 1. The van der Waals surface area contributed by atoms with Gasteiger partial charge in [0.25, 0.3) is 0 Å². The van der Waals surface area contributed by atoms with Crippen molar-refractivity contribution in [3.63, 3.8) is 0 Å². The molecule has 6 N–H and O–H groups in total. The number of nitrogens with zero attached hydrogens (tertiary/aromatic N) is 7. The summed E-state index contributed by atoms with van der Waals surface area (Å²) in [5.41, 5.74) is 6.94. The van der Waals surface area contributed by atoms with Crippen molar-refractivity contribution in [2.24, 2.45) is 5.10 Å². The van der Waals surface area contributed by atoms with E-state index in [-0.39, 0.29) is 5.82 Å². The first-order valence-corrected chi connectivity index (χ1v) is 12.9. The topological polar surface area (TPSA) is 195 Å². The van der Waals surface area contributed by atoms with Gasteiger partial charge in [0.15, 0.2) is 17.3 Å². The lowest BCUT2D eigenvalue weighted by atomic mass is 9.90. The highest BCUT2D eigenvalue weighted by Crippen LogP contribution is 2.40. The first-order chi connectivity index (χ1) is 19.0. The van der Waals surface area contributed by atoms with Gasteiger partial charge >= 0.3 is 0 Å². The van der Waals surface area contributed by atoms with Gasteiger partial charge in [-0.1, -0.05) is 24.3 Å². The minimum atomic E-state index is -1.77. The van der Waals surface area contributed by atoms with Crippen LogP contribution in [0.5, 0.6) is 0 Å². The molecule has 200 valence electrons. The molecule has 4 atom stereocenters. The summed E-state index contributed by atoms with van der Waals surface area (Å²) in [7, 11) is 0. The molecule has 0 aliphatic heterocycles. The number of aromatic nitrogens is 6. The van der Waals surface area contributed by atoms with Gasteiger partial charge in [-0.05, 0) is 23.1 Å². The van der Waals surface area contributed by atoms with E-state index in [0.29, 0.717) is 16.9 Å². The minimum absolute atomic E-state index is 0.284. The van der Waals surface area contributed by atoms with Crippen LogP contribution in [0.3, 0.4) is 0 Å². The van der Waals surface area contributed by atoms with Crippen LogP contribution in [0.25, 0.3) is 27.1 Å². The Bertz CT molecular complexity index is 1690. The van der Waals surface area contributed by atoms with Crippen LogP contribution in [0.1, 0.15) is 21.6 Å². The highest BCUT2D eigenvalue weighted by Gasteiger charge is 2.29. The monoisotopic (exact) mass is 548 g/mol. The zero-order chi connectivity index (χ0) is 27.1. The van der Waals surface area contributed by atoms with Gasteiger partial charge in [0.05, 0.1) is 29.8 Å². The standard InChI is InChI=1S/C25H24N8O5S/c34-9-17(36)21(38)20(37)16(35)8-30-32-22-15-7-31-33(23(15)27-10-26-22)24-19-14-5-12-3-1-2-4-13(12)6-18(14)39-25(19)29-11-28-24/h1-4,7-8,10-11,16-17,20-21,34-38H,5-6,9H2,(H,26,27,32)/b30-8+.